The molecule has 1 unspecified atom stereocenters. The Labute approximate surface area is 200 Å². The summed E-state index contributed by atoms with van der Waals surface area (Å²) >= 11 is 0. The van der Waals surface area contributed by atoms with Gasteiger partial charge < -0.3 is 19.0 Å². The standard InChI is InChI=1S/C27H32N2O5/c1-19-24(28-27(33-19)22-8-4-3-5-9-22)14-17-32-23-12-10-21(11-13-26(30)31)25(18-23)34-20(2)29-15-6-7-16-29/h3-5,8-10,12,18,20H,6-7,11,13-17H2,1-2H3,(H,30,31). The number of nitrogens with zero attached hydrogens (tertiary/aromatic N) is 2. The van der Waals surface area contributed by atoms with Gasteiger partial charge in [0, 0.05) is 37.6 Å². The predicted octanol–water partition coefficient (Wildman–Crippen LogP) is 5.11. The fourth-order valence-electron chi connectivity index (χ4n) is 4.18. The lowest BCUT2D eigenvalue weighted by Gasteiger charge is -2.26. The summed E-state index contributed by atoms with van der Waals surface area (Å²) in [6, 6.07) is 15.5. The van der Waals surface area contributed by atoms with Crippen molar-refractivity contribution in [3.8, 4) is 23.0 Å². The zero-order valence-electron chi connectivity index (χ0n) is 19.8. The highest BCUT2D eigenvalue weighted by Crippen LogP contribution is 2.29. The number of carboxylic acid groups (broad SMARTS) is 1. The summed E-state index contributed by atoms with van der Waals surface area (Å²) in [7, 11) is 0. The maximum Gasteiger partial charge on any atom is 0.303 e. The smallest absolute Gasteiger partial charge is 0.303 e. The van der Waals surface area contributed by atoms with Crippen LogP contribution in [0, 0.1) is 6.92 Å². The van der Waals surface area contributed by atoms with Crippen molar-refractivity contribution in [1.29, 1.82) is 0 Å². The Morgan fingerprint density at radius 3 is 2.65 bits per heavy atom. The molecular formula is C27H32N2O5. The molecule has 0 spiro atoms. The van der Waals surface area contributed by atoms with E-state index in [-0.39, 0.29) is 12.6 Å². The lowest BCUT2D eigenvalue weighted by molar-refractivity contribution is -0.136. The number of ether oxygens (including phenoxy) is 2. The fraction of sp³-hybridized carbons (Fsp3) is 0.407. The molecule has 1 fully saturated rings. The van der Waals surface area contributed by atoms with Crippen LogP contribution in [0.25, 0.3) is 11.5 Å². The molecule has 1 saturated heterocycles. The highest BCUT2D eigenvalue weighted by atomic mass is 16.5. The van der Waals surface area contributed by atoms with E-state index in [4.69, 9.17) is 19.0 Å². The van der Waals surface area contributed by atoms with Crippen molar-refractivity contribution in [3.05, 3.63) is 65.5 Å². The first-order valence-corrected chi connectivity index (χ1v) is 11.9. The molecule has 7 nitrogen and oxygen atoms in total. The van der Waals surface area contributed by atoms with Gasteiger partial charge >= 0.3 is 5.97 Å². The van der Waals surface area contributed by atoms with Gasteiger partial charge in [-0.25, -0.2) is 4.98 Å². The number of carboxylic acids is 1. The number of hydrogen-bond acceptors (Lipinski definition) is 6. The van der Waals surface area contributed by atoms with Crippen LogP contribution in [0.15, 0.2) is 52.9 Å². The summed E-state index contributed by atoms with van der Waals surface area (Å²) in [6.07, 6.45) is 3.37. The SMILES string of the molecule is Cc1oc(-c2ccccc2)nc1CCOc1ccc(CCC(=O)O)c(OC(C)N2CCCC2)c1. The van der Waals surface area contributed by atoms with Gasteiger partial charge in [0.1, 0.15) is 23.5 Å². The summed E-state index contributed by atoms with van der Waals surface area (Å²) in [5.41, 5.74) is 2.69. The molecule has 1 aliphatic heterocycles. The summed E-state index contributed by atoms with van der Waals surface area (Å²) in [4.78, 5) is 18.0. The molecular weight excluding hydrogens is 432 g/mol. The van der Waals surface area contributed by atoms with Crippen molar-refractivity contribution in [3.63, 3.8) is 0 Å². The first kappa shape index (κ1) is 23.8. The molecule has 2 heterocycles. The summed E-state index contributed by atoms with van der Waals surface area (Å²) in [5.74, 6) is 1.95. The largest absolute Gasteiger partial charge is 0.493 e. The number of rotatable bonds is 11. The van der Waals surface area contributed by atoms with Gasteiger partial charge in [-0.05, 0) is 56.9 Å². The van der Waals surface area contributed by atoms with Gasteiger partial charge in [-0.15, -0.1) is 0 Å². The van der Waals surface area contributed by atoms with E-state index < -0.39 is 5.97 Å². The highest BCUT2D eigenvalue weighted by molar-refractivity contribution is 5.67. The van der Waals surface area contributed by atoms with Crippen molar-refractivity contribution < 1.29 is 23.8 Å². The number of benzene rings is 2. The minimum Gasteiger partial charge on any atom is -0.493 e. The molecule has 1 atom stereocenters. The third-order valence-corrected chi connectivity index (χ3v) is 6.12. The lowest BCUT2D eigenvalue weighted by atomic mass is 10.1. The van der Waals surface area contributed by atoms with Crippen molar-refractivity contribution in [1.82, 2.24) is 9.88 Å². The minimum absolute atomic E-state index is 0.0594. The Bertz CT molecular complexity index is 1090. The number of carbonyl (C=O) groups is 1. The second-order valence-corrected chi connectivity index (χ2v) is 8.61. The van der Waals surface area contributed by atoms with Crippen LogP contribution in [-0.2, 0) is 17.6 Å². The number of hydrogen-bond donors (Lipinski definition) is 1. The van der Waals surface area contributed by atoms with Crippen molar-refractivity contribution in [2.24, 2.45) is 0 Å². The number of aryl methyl sites for hydroxylation is 2. The Morgan fingerprint density at radius 2 is 1.91 bits per heavy atom. The van der Waals surface area contributed by atoms with Crippen LogP contribution >= 0.6 is 0 Å². The van der Waals surface area contributed by atoms with Crippen LogP contribution in [0.3, 0.4) is 0 Å². The molecule has 34 heavy (non-hydrogen) atoms. The Hall–Kier alpha value is -3.32. The molecule has 4 rings (SSSR count). The van der Waals surface area contributed by atoms with Gasteiger partial charge in [-0.1, -0.05) is 24.3 Å². The molecule has 180 valence electrons. The molecule has 0 saturated carbocycles. The number of aliphatic carboxylic acids is 1. The Balaban J connectivity index is 1.41. The molecule has 1 aliphatic rings. The highest BCUT2D eigenvalue weighted by Gasteiger charge is 2.21. The van der Waals surface area contributed by atoms with E-state index in [2.05, 4.69) is 9.88 Å². The average Bonchev–Trinajstić information content (AvgIpc) is 3.50. The van der Waals surface area contributed by atoms with Crippen molar-refractivity contribution in [2.45, 2.75) is 52.2 Å². The van der Waals surface area contributed by atoms with Crippen LogP contribution in [-0.4, -0.2) is 46.9 Å². The second kappa shape index (κ2) is 11.2. The number of aromatic nitrogens is 1. The van der Waals surface area contributed by atoms with E-state index in [1.54, 1.807) is 0 Å². The van der Waals surface area contributed by atoms with E-state index in [9.17, 15) is 4.79 Å². The Morgan fingerprint density at radius 1 is 1.15 bits per heavy atom. The third kappa shape index (κ3) is 6.17. The van der Waals surface area contributed by atoms with Gasteiger partial charge in [0.25, 0.3) is 0 Å². The average molecular weight is 465 g/mol. The van der Waals surface area contributed by atoms with Gasteiger partial charge in [-0.3, -0.25) is 9.69 Å². The van der Waals surface area contributed by atoms with Crippen molar-refractivity contribution in [2.75, 3.05) is 19.7 Å². The quantitative estimate of drug-likeness (QED) is 0.422. The molecule has 3 aromatic rings. The predicted molar refractivity (Wildman–Crippen MR) is 129 cm³/mol. The van der Waals surface area contributed by atoms with Crippen LogP contribution in [0.4, 0.5) is 0 Å². The maximum atomic E-state index is 11.1. The number of likely N-dealkylation sites (tertiary alicyclic amines) is 1. The zero-order chi connectivity index (χ0) is 23.9. The molecule has 0 amide bonds. The summed E-state index contributed by atoms with van der Waals surface area (Å²) in [6.45, 7) is 6.43. The second-order valence-electron chi connectivity index (χ2n) is 8.61. The Kier molecular flexibility index (Phi) is 7.85. The molecule has 1 N–H and O–H groups in total. The van der Waals surface area contributed by atoms with E-state index in [1.165, 1.54) is 12.8 Å². The topological polar surface area (TPSA) is 85.0 Å². The van der Waals surface area contributed by atoms with Gasteiger partial charge in [-0.2, -0.15) is 0 Å². The monoisotopic (exact) mass is 464 g/mol. The summed E-state index contributed by atoms with van der Waals surface area (Å²) in [5, 5.41) is 9.11. The van der Waals surface area contributed by atoms with Gasteiger partial charge in [0.2, 0.25) is 5.89 Å². The minimum atomic E-state index is -0.822. The normalized spacial score (nSPS) is 14.8. The third-order valence-electron chi connectivity index (χ3n) is 6.12. The molecule has 1 aromatic heterocycles. The van der Waals surface area contributed by atoms with Crippen LogP contribution in [0.5, 0.6) is 11.5 Å². The van der Waals surface area contributed by atoms with E-state index in [1.807, 2.05) is 62.4 Å². The molecule has 2 aromatic carbocycles. The first-order chi connectivity index (χ1) is 16.5. The summed E-state index contributed by atoms with van der Waals surface area (Å²) < 4.78 is 18.1. The first-order valence-electron chi connectivity index (χ1n) is 11.9. The molecule has 7 heteroatoms. The van der Waals surface area contributed by atoms with Crippen LogP contribution < -0.4 is 9.47 Å². The van der Waals surface area contributed by atoms with E-state index >= 15 is 0 Å². The van der Waals surface area contributed by atoms with E-state index in [0.717, 1.165) is 35.7 Å². The van der Waals surface area contributed by atoms with Gasteiger partial charge in [0.05, 0.1) is 12.3 Å². The maximum absolute atomic E-state index is 11.1. The fourth-order valence-corrected chi connectivity index (χ4v) is 4.18. The molecule has 0 aliphatic carbocycles. The molecule has 0 radical (unpaired) electrons. The van der Waals surface area contributed by atoms with Crippen LogP contribution in [0.2, 0.25) is 0 Å². The zero-order valence-corrected chi connectivity index (χ0v) is 19.8. The van der Waals surface area contributed by atoms with E-state index in [0.29, 0.717) is 36.8 Å². The van der Waals surface area contributed by atoms with Crippen molar-refractivity contribution >= 4 is 5.97 Å². The number of oxazole rings is 1. The van der Waals surface area contributed by atoms with Crippen LogP contribution in [0.1, 0.15) is 43.2 Å². The lowest BCUT2D eigenvalue weighted by Crippen LogP contribution is -2.34. The molecule has 0 bridgehead atoms. The van der Waals surface area contributed by atoms with Gasteiger partial charge in [0.15, 0.2) is 0 Å².